The van der Waals surface area contributed by atoms with E-state index in [0.29, 0.717) is 0 Å². The molecule has 0 amide bonds. The number of anilines is 6. The van der Waals surface area contributed by atoms with Crippen molar-refractivity contribution >= 4 is 88.0 Å². The number of fused-ring (bicyclic) bond motifs is 10. The van der Waals surface area contributed by atoms with Crippen molar-refractivity contribution in [3.63, 3.8) is 0 Å². The molecule has 308 valence electrons. The van der Waals surface area contributed by atoms with Gasteiger partial charge in [0.1, 0.15) is 23.0 Å². The van der Waals surface area contributed by atoms with Crippen molar-refractivity contribution in [1.82, 2.24) is 0 Å². The molecule has 2 aliphatic heterocycles. The maximum absolute atomic E-state index is 6.96. The Balaban J connectivity index is 0.890. The van der Waals surface area contributed by atoms with Crippen LogP contribution >= 0.6 is 0 Å². The monoisotopic (exact) mass is 842 g/mol. The molecule has 0 bridgehead atoms. The Morgan fingerprint density at radius 2 is 0.606 bits per heavy atom. The smallest absolute Gasteiger partial charge is 0.137 e. The molecule has 66 heavy (non-hydrogen) atoms. The second kappa shape index (κ2) is 14.3. The summed E-state index contributed by atoms with van der Waals surface area (Å²) in [4.78, 5) is 4.71. The Hall–Kier alpha value is -8.86. The second-order valence-corrected chi connectivity index (χ2v) is 17.2. The molecule has 2 aliphatic rings. The summed E-state index contributed by atoms with van der Waals surface area (Å²) in [7, 11) is 0. The van der Waals surface area contributed by atoms with Crippen molar-refractivity contribution in [2.75, 3.05) is 9.80 Å². The van der Waals surface area contributed by atoms with E-state index in [0.717, 1.165) is 90.1 Å². The predicted octanol–water partition coefficient (Wildman–Crippen LogP) is 17.9. The summed E-state index contributed by atoms with van der Waals surface area (Å²) in [6, 6.07) is 82.5. The minimum Gasteiger partial charge on any atom is -0.456 e. The molecule has 12 aromatic rings. The lowest BCUT2D eigenvalue weighted by Gasteiger charge is -2.31. The average molecular weight is 843 g/mol. The lowest BCUT2D eigenvalue weighted by Crippen LogP contribution is -2.11. The van der Waals surface area contributed by atoms with Gasteiger partial charge in [0.05, 0.1) is 11.4 Å². The zero-order chi connectivity index (χ0) is 43.3. The quantitative estimate of drug-likeness (QED) is 0.156. The van der Waals surface area contributed by atoms with Crippen LogP contribution < -0.4 is 19.3 Å². The van der Waals surface area contributed by atoms with Crippen molar-refractivity contribution in [3.05, 3.63) is 231 Å². The van der Waals surface area contributed by atoms with E-state index >= 15 is 0 Å². The first-order valence-corrected chi connectivity index (χ1v) is 22.5. The van der Waals surface area contributed by atoms with E-state index in [1.807, 2.05) is 0 Å². The Morgan fingerprint density at radius 1 is 0.242 bits per heavy atom. The number of benzene rings is 12. The highest BCUT2D eigenvalue weighted by Gasteiger charge is 2.30. The number of nitrogens with zero attached hydrogens (tertiary/aromatic N) is 2. The molecule has 4 heteroatoms. The highest BCUT2D eigenvalue weighted by atomic mass is 16.5. The largest absolute Gasteiger partial charge is 0.456 e. The Bertz CT molecular complexity index is 3700. The zero-order valence-corrected chi connectivity index (χ0v) is 35.7. The van der Waals surface area contributed by atoms with E-state index < -0.39 is 0 Å². The van der Waals surface area contributed by atoms with Gasteiger partial charge in [-0.3, -0.25) is 0 Å². The molecule has 0 radical (unpaired) electrons. The molecule has 0 fully saturated rings. The molecule has 0 aromatic heterocycles. The Labute approximate surface area is 381 Å². The van der Waals surface area contributed by atoms with Gasteiger partial charge in [-0.05, 0) is 128 Å². The standard InChI is InChI=1S/C62H38N2O2/c1-3-17-41(18-4-1)63(55-35-39-15-7-9-21-45(39)47-23-11-13-25-49(47)55)43-27-29-51-53-31-34-58-62-54(32-33-57(61(53)62)65-59(51)37-43)52-30-28-44(38-60(52)66-58)64(42-19-5-2-6-20-42)56-36-40-16-8-10-22-46(40)48-24-12-14-26-50(48)56/h1-38H. The maximum Gasteiger partial charge on any atom is 0.137 e. The van der Waals surface area contributed by atoms with Crippen molar-refractivity contribution in [2.45, 2.75) is 0 Å². The highest BCUT2D eigenvalue weighted by Crippen LogP contribution is 2.57. The van der Waals surface area contributed by atoms with Gasteiger partial charge in [-0.15, -0.1) is 0 Å². The van der Waals surface area contributed by atoms with Gasteiger partial charge in [-0.25, -0.2) is 0 Å². The fourth-order valence-corrected chi connectivity index (χ4v) is 10.7. The van der Waals surface area contributed by atoms with E-state index in [9.17, 15) is 0 Å². The average Bonchev–Trinajstić information content (AvgIpc) is 3.38. The fraction of sp³-hybridized carbons (Fsp3) is 0. The molecule has 0 N–H and O–H groups in total. The minimum atomic E-state index is 0.818. The SMILES string of the molecule is c1ccc(N(c2ccc3c(c2)Oc2ccc4c5c(ccc-3c25)Oc2cc(N(c3ccccc3)c3cc5ccccc5c5ccccc35)ccc2-4)c2cc3ccccc3c3ccccc23)cc1. The van der Waals surface area contributed by atoms with Crippen LogP contribution in [-0.4, -0.2) is 0 Å². The number of hydrogen-bond donors (Lipinski definition) is 0. The third kappa shape index (κ3) is 5.52. The normalized spacial score (nSPS) is 12.2. The predicted molar refractivity (Wildman–Crippen MR) is 274 cm³/mol. The summed E-state index contributed by atoms with van der Waals surface area (Å²) in [5.41, 5.74) is 10.8. The molecule has 2 heterocycles. The molecular formula is C62H38N2O2. The van der Waals surface area contributed by atoms with Crippen LogP contribution in [0.2, 0.25) is 0 Å². The van der Waals surface area contributed by atoms with Crippen LogP contribution in [-0.2, 0) is 0 Å². The van der Waals surface area contributed by atoms with E-state index in [1.165, 1.54) is 43.1 Å². The fourth-order valence-electron chi connectivity index (χ4n) is 10.7. The van der Waals surface area contributed by atoms with Gasteiger partial charge >= 0.3 is 0 Å². The molecule has 0 saturated carbocycles. The molecule has 0 aliphatic carbocycles. The van der Waals surface area contributed by atoms with Crippen molar-refractivity contribution < 1.29 is 9.47 Å². The first-order chi connectivity index (χ1) is 32.7. The number of rotatable bonds is 6. The zero-order valence-electron chi connectivity index (χ0n) is 35.7. The van der Waals surface area contributed by atoms with Crippen molar-refractivity contribution in [1.29, 1.82) is 0 Å². The summed E-state index contributed by atoms with van der Waals surface area (Å²) in [5.74, 6) is 3.27. The van der Waals surface area contributed by atoms with E-state index in [-0.39, 0.29) is 0 Å². The molecule has 0 atom stereocenters. The Kier molecular flexibility index (Phi) is 7.95. The van der Waals surface area contributed by atoms with Gasteiger partial charge in [0, 0.05) is 67.6 Å². The molecule has 0 unspecified atom stereocenters. The topological polar surface area (TPSA) is 24.9 Å². The first-order valence-electron chi connectivity index (χ1n) is 22.5. The molecular weight excluding hydrogens is 805 g/mol. The van der Waals surface area contributed by atoms with Crippen molar-refractivity contribution in [3.8, 4) is 45.3 Å². The van der Waals surface area contributed by atoms with Gasteiger partial charge in [0.2, 0.25) is 0 Å². The lowest BCUT2D eigenvalue weighted by atomic mass is 9.88. The van der Waals surface area contributed by atoms with Crippen LogP contribution in [0.15, 0.2) is 231 Å². The lowest BCUT2D eigenvalue weighted by molar-refractivity contribution is 0.480. The summed E-state index contributed by atoms with van der Waals surface area (Å²) in [5, 5.41) is 11.8. The highest BCUT2D eigenvalue weighted by molar-refractivity contribution is 6.17. The third-order valence-electron chi connectivity index (χ3n) is 13.6. The van der Waals surface area contributed by atoms with Gasteiger partial charge < -0.3 is 19.3 Å². The van der Waals surface area contributed by atoms with Crippen LogP contribution in [0.3, 0.4) is 0 Å². The van der Waals surface area contributed by atoms with Crippen LogP contribution in [0.4, 0.5) is 34.1 Å². The van der Waals surface area contributed by atoms with Crippen LogP contribution in [0.5, 0.6) is 23.0 Å². The van der Waals surface area contributed by atoms with Crippen molar-refractivity contribution in [2.24, 2.45) is 0 Å². The summed E-state index contributed by atoms with van der Waals surface area (Å²) >= 11 is 0. The number of ether oxygens (including phenoxy) is 2. The first kappa shape index (κ1) is 36.6. The van der Waals surface area contributed by atoms with E-state index in [1.54, 1.807) is 0 Å². The van der Waals surface area contributed by atoms with Crippen LogP contribution in [0.1, 0.15) is 0 Å². The van der Waals surface area contributed by atoms with E-state index in [4.69, 9.17) is 9.47 Å². The minimum absolute atomic E-state index is 0.818. The van der Waals surface area contributed by atoms with Gasteiger partial charge in [0.15, 0.2) is 0 Å². The van der Waals surface area contributed by atoms with Crippen LogP contribution in [0.25, 0.3) is 76.1 Å². The number of para-hydroxylation sites is 2. The molecule has 14 rings (SSSR count). The molecule has 4 nitrogen and oxygen atoms in total. The Morgan fingerprint density at radius 3 is 1.05 bits per heavy atom. The van der Waals surface area contributed by atoms with Gasteiger partial charge in [-0.1, -0.05) is 133 Å². The molecule has 0 saturated heterocycles. The van der Waals surface area contributed by atoms with Crippen LogP contribution in [0, 0.1) is 0 Å². The van der Waals surface area contributed by atoms with Gasteiger partial charge in [-0.2, -0.15) is 0 Å². The van der Waals surface area contributed by atoms with Gasteiger partial charge in [0.25, 0.3) is 0 Å². The summed E-state index contributed by atoms with van der Waals surface area (Å²) < 4.78 is 13.9. The third-order valence-corrected chi connectivity index (χ3v) is 13.6. The number of hydrogen-bond acceptors (Lipinski definition) is 4. The molecule has 12 aromatic carbocycles. The van der Waals surface area contributed by atoms with E-state index in [2.05, 4.69) is 240 Å². The summed E-state index contributed by atoms with van der Waals surface area (Å²) in [6.45, 7) is 0. The summed E-state index contributed by atoms with van der Waals surface area (Å²) in [6.07, 6.45) is 0. The maximum atomic E-state index is 6.96. The second-order valence-electron chi connectivity index (χ2n) is 17.2. The molecule has 0 spiro atoms.